The van der Waals surface area contributed by atoms with Gasteiger partial charge in [-0.25, -0.2) is 14.8 Å². The van der Waals surface area contributed by atoms with E-state index in [1.807, 2.05) is 0 Å². The van der Waals surface area contributed by atoms with Crippen LogP contribution in [-0.2, 0) is 6.18 Å². The first kappa shape index (κ1) is 24.3. The van der Waals surface area contributed by atoms with Crippen LogP contribution in [0.2, 0.25) is 0 Å². The number of alkyl halides is 3. The number of urea groups is 1. The second-order valence-corrected chi connectivity index (χ2v) is 8.01. The van der Waals surface area contributed by atoms with E-state index in [1.165, 1.54) is 46.2 Å². The lowest BCUT2D eigenvalue weighted by atomic mass is 10.1. The van der Waals surface area contributed by atoms with Gasteiger partial charge in [0.2, 0.25) is 0 Å². The molecule has 5 rings (SSSR count). The van der Waals surface area contributed by atoms with Gasteiger partial charge in [-0.3, -0.25) is 10.2 Å². The van der Waals surface area contributed by atoms with Crippen LogP contribution in [0.1, 0.15) is 5.56 Å². The molecule has 0 saturated carbocycles. The van der Waals surface area contributed by atoms with Crippen molar-refractivity contribution >= 4 is 28.4 Å². The van der Waals surface area contributed by atoms with Crippen LogP contribution >= 0.6 is 0 Å². The number of carbonyl (C=O) groups excluding carboxylic acids is 1. The van der Waals surface area contributed by atoms with Gasteiger partial charge in [-0.05, 0) is 42.5 Å². The second kappa shape index (κ2) is 9.24. The Balaban J connectivity index is 1.40. The minimum absolute atomic E-state index is 0.0786. The number of aromatic nitrogens is 5. The number of benzene rings is 2. The van der Waals surface area contributed by atoms with Gasteiger partial charge in [0.05, 0.1) is 23.3 Å². The van der Waals surface area contributed by atoms with Gasteiger partial charge in [0.1, 0.15) is 11.7 Å². The minimum atomic E-state index is -4.60. The van der Waals surface area contributed by atoms with Crippen molar-refractivity contribution in [2.45, 2.75) is 6.18 Å². The van der Waals surface area contributed by atoms with Gasteiger partial charge in [0, 0.05) is 36.0 Å². The Morgan fingerprint density at radius 2 is 1.76 bits per heavy atom. The summed E-state index contributed by atoms with van der Waals surface area (Å²) in [6.07, 6.45) is 2.23. The van der Waals surface area contributed by atoms with E-state index < -0.39 is 28.7 Å². The molecule has 0 radical (unpaired) electrons. The molecule has 3 aromatic heterocycles. The SMILES string of the molecule is N=c1c2c(=O)ccn(-c3ccc(NC(=O)Nc4cc(C(F)(F)F)ccc4-n4ccnc4)cc3)c2ncn1O. The van der Waals surface area contributed by atoms with Crippen molar-refractivity contribution in [3.63, 3.8) is 0 Å². The number of pyridine rings is 1. The number of hydrogen-bond acceptors (Lipinski definition) is 6. The van der Waals surface area contributed by atoms with E-state index in [-0.39, 0.29) is 22.4 Å². The summed E-state index contributed by atoms with van der Waals surface area (Å²) in [7, 11) is 0. The monoisotopic (exact) mass is 522 g/mol. The zero-order valence-electron chi connectivity index (χ0n) is 19.1. The average Bonchev–Trinajstić information content (AvgIpc) is 3.41. The molecule has 0 atom stereocenters. The molecule has 2 amide bonds. The number of carbonyl (C=O) groups is 1. The van der Waals surface area contributed by atoms with Gasteiger partial charge in [0.25, 0.3) is 0 Å². The first-order chi connectivity index (χ1) is 18.1. The summed E-state index contributed by atoms with van der Waals surface area (Å²) in [5.41, 5.74) is -0.625. The maximum atomic E-state index is 13.3. The van der Waals surface area contributed by atoms with Gasteiger partial charge in [-0.1, -0.05) is 0 Å². The molecule has 0 saturated heterocycles. The highest BCUT2D eigenvalue weighted by Gasteiger charge is 2.31. The van der Waals surface area contributed by atoms with Crippen molar-refractivity contribution in [2.24, 2.45) is 0 Å². The summed E-state index contributed by atoms with van der Waals surface area (Å²) in [5, 5.41) is 22.5. The summed E-state index contributed by atoms with van der Waals surface area (Å²) in [4.78, 5) is 32.8. The molecule has 0 bridgehead atoms. The quantitative estimate of drug-likeness (QED) is 0.266. The fraction of sp³-hybridized carbons (Fsp3) is 0.0417. The predicted octanol–water partition coefficient (Wildman–Crippen LogP) is 3.75. The smallest absolute Gasteiger partial charge is 0.416 e. The number of halogens is 3. The Bertz CT molecular complexity index is 1780. The largest absolute Gasteiger partial charge is 0.425 e. The predicted molar refractivity (Wildman–Crippen MR) is 130 cm³/mol. The Hall–Kier alpha value is -5.40. The van der Waals surface area contributed by atoms with Crippen molar-refractivity contribution in [1.82, 2.24) is 23.8 Å². The maximum Gasteiger partial charge on any atom is 0.416 e. The molecule has 192 valence electrons. The number of hydrogen-bond donors (Lipinski definition) is 4. The lowest BCUT2D eigenvalue weighted by Gasteiger charge is -2.16. The van der Waals surface area contributed by atoms with E-state index in [0.29, 0.717) is 16.1 Å². The van der Waals surface area contributed by atoms with Crippen LogP contribution in [0, 0.1) is 5.41 Å². The minimum Gasteiger partial charge on any atom is -0.425 e. The number of imidazole rings is 1. The molecule has 11 nitrogen and oxygen atoms in total. The first-order valence-corrected chi connectivity index (χ1v) is 10.9. The van der Waals surface area contributed by atoms with E-state index in [4.69, 9.17) is 5.41 Å². The Morgan fingerprint density at radius 1 is 1.00 bits per heavy atom. The normalized spacial score (nSPS) is 11.4. The molecule has 4 N–H and O–H groups in total. The summed E-state index contributed by atoms with van der Waals surface area (Å²) in [6, 6.07) is 9.72. The zero-order valence-corrected chi connectivity index (χ0v) is 19.1. The molecule has 0 aliphatic carbocycles. The summed E-state index contributed by atoms with van der Waals surface area (Å²) in [5.74, 6) is 0. The van der Waals surface area contributed by atoms with Crippen LogP contribution in [0.5, 0.6) is 0 Å². The molecular weight excluding hydrogens is 505 g/mol. The molecule has 0 aliphatic heterocycles. The van der Waals surface area contributed by atoms with Crippen LogP contribution in [0.25, 0.3) is 22.4 Å². The number of fused-ring (bicyclic) bond motifs is 1. The number of anilines is 2. The van der Waals surface area contributed by atoms with Gasteiger partial charge in [-0.15, -0.1) is 0 Å². The molecule has 2 aromatic carbocycles. The second-order valence-electron chi connectivity index (χ2n) is 8.01. The summed E-state index contributed by atoms with van der Waals surface area (Å²) in [6.45, 7) is 0. The number of nitrogens with one attached hydrogen (secondary N) is 3. The molecule has 3 heterocycles. The standard InChI is InChI=1S/C24H17F3N8O3/c25-24(26,27)14-1-6-18(33-10-8-29-12-33)17(11-14)32-23(37)31-15-2-4-16(5-3-15)34-9-7-19(36)20-21(28)35(38)13-30-22(20)34/h1-13,28,38H,(H2,31,32,37). The van der Waals surface area contributed by atoms with Gasteiger partial charge in [-0.2, -0.15) is 17.9 Å². The molecule has 14 heteroatoms. The van der Waals surface area contributed by atoms with E-state index in [0.717, 1.165) is 18.5 Å². The fourth-order valence-electron chi connectivity index (χ4n) is 3.80. The molecular formula is C24H17F3N8O3. The Morgan fingerprint density at radius 3 is 2.45 bits per heavy atom. The van der Waals surface area contributed by atoms with Crippen molar-refractivity contribution in [3.05, 3.63) is 101 Å². The Labute approximate surface area is 210 Å². The van der Waals surface area contributed by atoms with Crippen LogP contribution in [-0.4, -0.2) is 35.1 Å². The number of rotatable bonds is 4. The third-order valence-corrected chi connectivity index (χ3v) is 5.59. The molecule has 38 heavy (non-hydrogen) atoms. The fourth-order valence-corrected chi connectivity index (χ4v) is 3.80. The van der Waals surface area contributed by atoms with E-state index in [9.17, 15) is 28.0 Å². The highest BCUT2D eigenvalue weighted by molar-refractivity contribution is 6.01. The molecule has 0 unspecified atom stereocenters. The van der Waals surface area contributed by atoms with Gasteiger partial charge < -0.3 is 25.0 Å². The average molecular weight is 522 g/mol. The third-order valence-electron chi connectivity index (χ3n) is 5.59. The van der Waals surface area contributed by atoms with Crippen LogP contribution < -0.4 is 21.6 Å². The van der Waals surface area contributed by atoms with Crippen molar-refractivity contribution in [1.29, 1.82) is 5.41 Å². The van der Waals surface area contributed by atoms with Crippen LogP contribution in [0.4, 0.5) is 29.3 Å². The number of amides is 2. The molecule has 0 fully saturated rings. The summed E-state index contributed by atoms with van der Waals surface area (Å²) >= 11 is 0. The van der Waals surface area contributed by atoms with Crippen LogP contribution in [0.3, 0.4) is 0 Å². The van der Waals surface area contributed by atoms with E-state index >= 15 is 0 Å². The zero-order chi connectivity index (χ0) is 27.0. The van der Waals surface area contributed by atoms with E-state index in [1.54, 1.807) is 24.3 Å². The highest BCUT2D eigenvalue weighted by Crippen LogP contribution is 2.33. The third kappa shape index (κ3) is 4.57. The Kier molecular flexibility index (Phi) is 5.91. The summed E-state index contributed by atoms with van der Waals surface area (Å²) < 4.78 is 43.2. The molecule has 0 aliphatic rings. The van der Waals surface area contributed by atoms with Crippen LogP contribution in [0.15, 0.2) is 84.6 Å². The van der Waals surface area contributed by atoms with Gasteiger partial charge in [0.15, 0.2) is 16.6 Å². The lowest BCUT2D eigenvalue weighted by Crippen LogP contribution is -2.25. The van der Waals surface area contributed by atoms with Gasteiger partial charge >= 0.3 is 12.2 Å². The van der Waals surface area contributed by atoms with Crippen molar-refractivity contribution < 1.29 is 23.2 Å². The lowest BCUT2D eigenvalue weighted by molar-refractivity contribution is -0.137. The maximum absolute atomic E-state index is 13.3. The first-order valence-electron chi connectivity index (χ1n) is 10.9. The van der Waals surface area contributed by atoms with Crippen molar-refractivity contribution in [3.8, 4) is 11.4 Å². The highest BCUT2D eigenvalue weighted by atomic mass is 19.4. The molecule has 5 aromatic rings. The molecule has 0 spiro atoms. The topological polar surface area (TPSA) is 143 Å². The van der Waals surface area contributed by atoms with Crippen molar-refractivity contribution in [2.75, 3.05) is 10.6 Å². The van der Waals surface area contributed by atoms with E-state index in [2.05, 4.69) is 20.6 Å². The number of nitrogens with zero attached hydrogens (tertiary/aromatic N) is 5.